The van der Waals surface area contributed by atoms with E-state index in [0.717, 1.165) is 6.42 Å². The van der Waals surface area contributed by atoms with Crippen molar-refractivity contribution in [2.75, 3.05) is 19.0 Å². The molecule has 2 unspecified atom stereocenters. The number of aliphatic hydroxyl groups is 1. The summed E-state index contributed by atoms with van der Waals surface area (Å²) in [7, 11) is -3.25. The highest BCUT2D eigenvalue weighted by molar-refractivity contribution is 9.10. The van der Waals surface area contributed by atoms with Crippen molar-refractivity contribution in [3.05, 3.63) is 22.2 Å². The van der Waals surface area contributed by atoms with Gasteiger partial charge in [-0.2, -0.15) is 0 Å². The van der Waals surface area contributed by atoms with Gasteiger partial charge in [0.2, 0.25) is 0 Å². The SMILES string of the molecule is O=S1(=O)CCCCC1C(O)c1cc2c(cc1Br)OCCO2. The lowest BCUT2D eigenvalue weighted by Gasteiger charge is -2.28. The molecule has 0 aliphatic carbocycles. The highest BCUT2D eigenvalue weighted by Gasteiger charge is 2.36. The molecule has 2 heterocycles. The van der Waals surface area contributed by atoms with Crippen LogP contribution in [-0.2, 0) is 9.84 Å². The minimum Gasteiger partial charge on any atom is -0.486 e. The quantitative estimate of drug-likeness (QED) is 0.856. The van der Waals surface area contributed by atoms with Gasteiger partial charge < -0.3 is 14.6 Å². The van der Waals surface area contributed by atoms with Crippen LogP contribution in [0.1, 0.15) is 30.9 Å². The van der Waals surface area contributed by atoms with Crippen LogP contribution in [0.3, 0.4) is 0 Å². The molecule has 0 saturated carbocycles. The lowest BCUT2D eigenvalue weighted by molar-refractivity contribution is 0.157. The van der Waals surface area contributed by atoms with Gasteiger partial charge in [0, 0.05) is 4.47 Å². The highest BCUT2D eigenvalue weighted by atomic mass is 79.9. The third-order valence-corrected chi connectivity index (χ3v) is 6.92. The molecule has 5 nitrogen and oxygen atoms in total. The average Bonchev–Trinajstić information content (AvgIpc) is 2.45. The summed E-state index contributed by atoms with van der Waals surface area (Å²) in [4.78, 5) is 0. The van der Waals surface area contributed by atoms with E-state index >= 15 is 0 Å². The smallest absolute Gasteiger partial charge is 0.162 e. The Morgan fingerprint density at radius 3 is 2.52 bits per heavy atom. The number of aliphatic hydroxyl groups excluding tert-OH is 1. The Balaban J connectivity index is 1.95. The third kappa shape index (κ3) is 2.91. The Kier molecular flexibility index (Phi) is 4.16. The van der Waals surface area contributed by atoms with Gasteiger partial charge in [-0.1, -0.05) is 22.4 Å². The molecule has 0 radical (unpaired) electrons. The number of hydrogen-bond donors (Lipinski definition) is 1. The second kappa shape index (κ2) is 5.78. The van der Waals surface area contributed by atoms with Crippen molar-refractivity contribution in [3.8, 4) is 11.5 Å². The summed E-state index contributed by atoms with van der Waals surface area (Å²) >= 11 is 3.39. The van der Waals surface area contributed by atoms with Gasteiger partial charge in [-0.25, -0.2) is 8.42 Å². The van der Waals surface area contributed by atoms with Gasteiger partial charge in [-0.05, 0) is 30.5 Å². The molecule has 1 fully saturated rings. The molecule has 2 aliphatic heterocycles. The normalized spacial score (nSPS) is 25.3. The molecule has 1 saturated heterocycles. The Morgan fingerprint density at radius 1 is 1.19 bits per heavy atom. The molecule has 3 rings (SSSR count). The monoisotopic (exact) mass is 376 g/mol. The average molecular weight is 377 g/mol. The van der Waals surface area contributed by atoms with Crippen LogP contribution in [-0.4, -0.2) is 37.7 Å². The van der Waals surface area contributed by atoms with E-state index in [-0.39, 0.29) is 5.75 Å². The van der Waals surface area contributed by atoms with Gasteiger partial charge in [0.1, 0.15) is 13.2 Å². The van der Waals surface area contributed by atoms with Crippen LogP contribution in [0.25, 0.3) is 0 Å². The van der Waals surface area contributed by atoms with Crippen molar-refractivity contribution in [1.82, 2.24) is 0 Å². The molecular weight excluding hydrogens is 360 g/mol. The molecule has 2 atom stereocenters. The fourth-order valence-corrected chi connectivity index (χ4v) is 5.37. The zero-order chi connectivity index (χ0) is 15.0. The van der Waals surface area contributed by atoms with E-state index in [1.54, 1.807) is 12.1 Å². The number of sulfone groups is 1. The van der Waals surface area contributed by atoms with Crippen LogP contribution < -0.4 is 9.47 Å². The molecular formula is C14H17BrO5S. The Morgan fingerprint density at radius 2 is 1.86 bits per heavy atom. The van der Waals surface area contributed by atoms with E-state index in [1.165, 1.54) is 0 Å². The summed E-state index contributed by atoms with van der Waals surface area (Å²) in [5, 5.41) is 9.81. The fourth-order valence-electron chi connectivity index (χ4n) is 2.84. The van der Waals surface area contributed by atoms with Crippen molar-refractivity contribution in [2.24, 2.45) is 0 Å². The number of ether oxygens (including phenoxy) is 2. The predicted octanol–water partition coefficient (Wildman–Crippen LogP) is 2.22. The molecule has 1 aromatic carbocycles. The van der Waals surface area contributed by atoms with Gasteiger partial charge in [0.15, 0.2) is 21.3 Å². The van der Waals surface area contributed by atoms with Crippen molar-refractivity contribution < 1.29 is 23.0 Å². The van der Waals surface area contributed by atoms with Crippen molar-refractivity contribution in [1.29, 1.82) is 0 Å². The zero-order valence-electron chi connectivity index (χ0n) is 11.4. The Labute approximate surface area is 132 Å². The number of rotatable bonds is 2. The summed E-state index contributed by atoms with van der Waals surface area (Å²) in [5.41, 5.74) is 0.537. The second-order valence-corrected chi connectivity index (χ2v) is 8.56. The zero-order valence-corrected chi connectivity index (χ0v) is 13.8. The van der Waals surface area contributed by atoms with Crippen molar-refractivity contribution in [3.63, 3.8) is 0 Å². The number of halogens is 1. The highest BCUT2D eigenvalue weighted by Crippen LogP contribution is 2.40. The van der Waals surface area contributed by atoms with Gasteiger partial charge in [0.05, 0.1) is 17.1 Å². The van der Waals surface area contributed by atoms with E-state index in [2.05, 4.69) is 15.9 Å². The van der Waals surface area contributed by atoms with Crippen LogP contribution in [0, 0.1) is 0 Å². The molecule has 0 bridgehead atoms. The Bertz CT molecular complexity index is 643. The van der Waals surface area contributed by atoms with Crippen molar-refractivity contribution in [2.45, 2.75) is 30.6 Å². The first-order valence-corrected chi connectivity index (χ1v) is 9.48. The van der Waals surface area contributed by atoms with Crippen LogP contribution in [0.2, 0.25) is 0 Å². The molecule has 1 aromatic rings. The molecule has 21 heavy (non-hydrogen) atoms. The van der Waals surface area contributed by atoms with E-state index in [9.17, 15) is 13.5 Å². The Hall–Kier alpha value is -0.790. The summed E-state index contributed by atoms with van der Waals surface area (Å²) in [6.07, 6.45) is 0.932. The lowest BCUT2D eigenvalue weighted by atomic mass is 10.0. The van der Waals surface area contributed by atoms with E-state index in [4.69, 9.17) is 9.47 Å². The summed E-state index contributed by atoms with van der Waals surface area (Å²) in [6.45, 7) is 0.935. The topological polar surface area (TPSA) is 72.8 Å². The number of hydrogen-bond acceptors (Lipinski definition) is 5. The maximum atomic E-state index is 12.2. The fraction of sp³-hybridized carbons (Fsp3) is 0.571. The molecule has 0 aromatic heterocycles. The third-order valence-electron chi connectivity index (χ3n) is 3.96. The van der Waals surface area contributed by atoms with E-state index in [1.807, 2.05) is 0 Å². The molecule has 2 aliphatic rings. The summed E-state index contributed by atoms with van der Waals surface area (Å²) < 4.78 is 35.9. The minimum atomic E-state index is -3.25. The van der Waals surface area contributed by atoms with E-state index in [0.29, 0.717) is 47.6 Å². The van der Waals surface area contributed by atoms with Gasteiger partial charge in [-0.15, -0.1) is 0 Å². The first-order valence-electron chi connectivity index (χ1n) is 6.98. The second-order valence-electron chi connectivity index (χ2n) is 5.36. The van der Waals surface area contributed by atoms with Crippen molar-refractivity contribution >= 4 is 25.8 Å². The van der Waals surface area contributed by atoms with Crippen LogP contribution in [0.15, 0.2) is 16.6 Å². The van der Waals surface area contributed by atoms with E-state index < -0.39 is 21.2 Å². The van der Waals surface area contributed by atoms with Crippen LogP contribution >= 0.6 is 15.9 Å². The first kappa shape index (κ1) is 15.1. The lowest BCUT2D eigenvalue weighted by Crippen LogP contribution is -2.34. The maximum Gasteiger partial charge on any atom is 0.162 e. The molecule has 7 heteroatoms. The molecule has 0 amide bonds. The molecule has 116 valence electrons. The number of fused-ring (bicyclic) bond motifs is 1. The summed E-state index contributed by atoms with van der Waals surface area (Å²) in [5.74, 6) is 1.30. The van der Waals surface area contributed by atoms with Crippen LogP contribution in [0.4, 0.5) is 0 Å². The van der Waals surface area contributed by atoms with Gasteiger partial charge >= 0.3 is 0 Å². The van der Waals surface area contributed by atoms with Gasteiger partial charge in [0.25, 0.3) is 0 Å². The number of benzene rings is 1. The van der Waals surface area contributed by atoms with Gasteiger partial charge in [-0.3, -0.25) is 0 Å². The molecule has 0 spiro atoms. The van der Waals surface area contributed by atoms with Crippen LogP contribution in [0.5, 0.6) is 11.5 Å². The summed E-state index contributed by atoms with van der Waals surface area (Å²) in [6, 6.07) is 3.40. The predicted molar refractivity (Wildman–Crippen MR) is 81.5 cm³/mol. The maximum absolute atomic E-state index is 12.2. The first-order chi connectivity index (χ1) is 9.99. The minimum absolute atomic E-state index is 0.150. The molecule has 1 N–H and O–H groups in total. The largest absolute Gasteiger partial charge is 0.486 e. The standard InChI is InChI=1S/C14H17BrO5S/c15-10-8-12-11(19-4-5-20-12)7-9(10)14(16)13-3-1-2-6-21(13,17)18/h7-8,13-14,16H,1-6H2.